The highest BCUT2D eigenvalue weighted by atomic mass is 35.5. The van der Waals surface area contributed by atoms with Crippen LogP contribution in [0.4, 0.5) is 19.0 Å². The highest BCUT2D eigenvalue weighted by Gasteiger charge is 2.34. The lowest BCUT2D eigenvalue weighted by atomic mass is 10.0. The highest BCUT2D eigenvalue weighted by Crippen LogP contribution is 2.35. The van der Waals surface area contributed by atoms with E-state index in [0.717, 1.165) is 17.5 Å². The van der Waals surface area contributed by atoms with E-state index in [9.17, 15) is 22.8 Å². The molecule has 0 aromatic carbocycles. The van der Waals surface area contributed by atoms with Crippen LogP contribution in [0.3, 0.4) is 0 Å². The Morgan fingerprint density at radius 1 is 1.17 bits per heavy atom. The summed E-state index contributed by atoms with van der Waals surface area (Å²) in [5.74, 6) is -1.14. The molecule has 1 amide bonds. The van der Waals surface area contributed by atoms with E-state index in [1.54, 1.807) is 25.4 Å². The van der Waals surface area contributed by atoms with E-state index in [4.69, 9.17) is 11.6 Å². The number of aromatic nitrogens is 6. The molecule has 0 radical (unpaired) electrons. The summed E-state index contributed by atoms with van der Waals surface area (Å²) in [4.78, 5) is 41.4. The minimum atomic E-state index is -4.69. The Hall–Kier alpha value is -3.71. The number of thiazole rings is 1. The molecule has 0 saturated heterocycles. The molecule has 0 aliphatic heterocycles. The number of amides is 1. The zero-order chi connectivity index (χ0) is 25.2. The van der Waals surface area contributed by atoms with Gasteiger partial charge in [0.15, 0.2) is 11.6 Å². The Morgan fingerprint density at radius 3 is 2.69 bits per heavy atom. The minimum absolute atomic E-state index is 0.0673. The zero-order valence-corrected chi connectivity index (χ0v) is 19.4. The van der Waals surface area contributed by atoms with Gasteiger partial charge in [-0.1, -0.05) is 18.5 Å². The number of halogens is 4. The van der Waals surface area contributed by atoms with Gasteiger partial charge in [0.2, 0.25) is 0 Å². The minimum Gasteiger partial charge on any atom is -0.306 e. The molecule has 4 rings (SSSR count). The number of alkyl halides is 3. The third-order valence-corrected chi connectivity index (χ3v) is 6.27. The molecule has 4 aromatic rings. The number of pyridine rings is 1. The van der Waals surface area contributed by atoms with Crippen LogP contribution in [0.15, 0.2) is 49.3 Å². The fourth-order valence-electron chi connectivity index (χ4n) is 3.02. The van der Waals surface area contributed by atoms with Crippen LogP contribution in [0.2, 0.25) is 5.02 Å². The molecular weight excluding hydrogens is 507 g/mol. The van der Waals surface area contributed by atoms with Gasteiger partial charge in [-0.05, 0) is 12.1 Å². The first-order valence-electron chi connectivity index (χ1n) is 9.97. The number of anilines is 1. The summed E-state index contributed by atoms with van der Waals surface area (Å²) in [6.45, 7) is 1.77. The molecule has 14 heteroatoms. The first kappa shape index (κ1) is 24.4. The van der Waals surface area contributed by atoms with Crippen LogP contribution in [0.25, 0.3) is 5.82 Å². The van der Waals surface area contributed by atoms with Gasteiger partial charge in [-0.15, -0.1) is 11.3 Å². The summed E-state index contributed by atoms with van der Waals surface area (Å²) < 4.78 is 40.6. The van der Waals surface area contributed by atoms with E-state index in [2.05, 4.69) is 30.4 Å². The average molecular weight is 522 g/mol. The molecule has 0 saturated carbocycles. The summed E-state index contributed by atoms with van der Waals surface area (Å²) in [6, 6.07) is 3.90. The van der Waals surface area contributed by atoms with Crippen molar-refractivity contribution in [1.82, 2.24) is 29.7 Å². The van der Waals surface area contributed by atoms with Gasteiger partial charge in [-0.25, -0.2) is 24.6 Å². The van der Waals surface area contributed by atoms with E-state index in [1.165, 1.54) is 23.3 Å². The molecular formula is C21H15ClF3N7O2S. The van der Waals surface area contributed by atoms with Crippen LogP contribution in [0.5, 0.6) is 0 Å². The van der Waals surface area contributed by atoms with Gasteiger partial charge in [-0.2, -0.15) is 18.3 Å². The Balaban J connectivity index is 1.42. The number of ketones is 1. The van der Waals surface area contributed by atoms with Crippen molar-refractivity contribution in [3.05, 3.63) is 75.5 Å². The summed E-state index contributed by atoms with van der Waals surface area (Å²) >= 11 is 6.57. The first-order chi connectivity index (χ1) is 16.6. The van der Waals surface area contributed by atoms with Crippen LogP contribution in [-0.4, -0.2) is 41.4 Å². The largest absolute Gasteiger partial charge is 0.418 e. The van der Waals surface area contributed by atoms with E-state index in [-0.39, 0.29) is 34.5 Å². The number of nitrogens with one attached hydrogen (secondary N) is 1. The van der Waals surface area contributed by atoms with Crippen molar-refractivity contribution in [3.63, 3.8) is 0 Å². The lowest BCUT2D eigenvalue weighted by Crippen LogP contribution is -2.13. The van der Waals surface area contributed by atoms with Crippen molar-refractivity contribution >= 4 is 40.4 Å². The Kier molecular flexibility index (Phi) is 6.89. The number of carbonyl (C=O) groups is 2. The number of nitrogens with zero attached hydrogens (tertiary/aromatic N) is 6. The third-order valence-electron chi connectivity index (χ3n) is 4.74. The standard InChI is InChI=1S/C21H15ClF3N7O2S/c1-11(5-15(33)14-7-18(29-10-28-14)32-4-2-3-30-32)20-27-9-16(35-20)19(34)31-17-6-12(21(23,24)25)13(22)8-26-17/h2-4,6-11H,5H2,1H3,(H,26,31,34)/t11-/m0/s1. The van der Waals surface area contributed by atoms with Crippen LogP contribution >= 0.6 is 22.9 Å². The number of Topliss-reactive ketones (excluding diaryl/α,β-unsaturated/α-hetero) is 1. The maximum Gasteiger partial charge on any atom is 0.418 e. The second-order valence-electron chi connectivity index (χ2n) is 7.30. The van der Waals surface area contributed by atoms with Gasteiger partial charge in [0.25, 0.3) is 5.91 Å². The third kappa shape index (κ3) is 5.69. The smallest absolute Gasteiger partial charge is 0.306 e. The molecule has 0 aliphatic rings. The quantitative estimate of drug-likeness (QED) is 0.347. The Bertz CT molecular complexity index is 1380. The monoisotopic (exact) mass is 521 g/mol. The van der Waals surface area contributed by atoms with E-state index < -0.39 is 22.7 Å². The van der Waals surface area contributed by atoms with Gasteiger partial charge in [0.05, 0.1) is 21.8 Å². The lowest BCUT2D eigenvalue weighted by Gasteiger charge is -2.10. The predicted molar refractivity (Wildman–Crippen MR) is 121 cm³/mol. The van der Waals surface area contributed by atoms with Gasteiger partial charge >= 0.3 is 6.18 Å². The second kappa shape index (κ2) is 9.88. The van der Waals surface area contributed by atoms with Crippen molar-refractivity contribution in [2.75, 3.05) is 5.32 Å². The number of hydrogen-bond donors (Lipinski definition) is 1. The van der Waals surface area contributed by atoms with Gasteiger partial charge in [-0.3, -0.25) is 9.59 Å². The molecule has 1 N–H and O–H groups in total. The SMILES string of the molecule is C[C@@H](CC(=O)c1cc(-n2cccn2)ncn1)c1ncc(C(=O)Nc2cc(C(F)(F)F)c(Cl)cn2)s1. The van der Waals surface area contributed by atoms with Crippen molar-refractivity contribution < 1.29 is 22.8 Å². The summed E-state index contributed by atoms with van der Waals surface area (Å²) in [5, 5.41) is 6.30. The summed E-state index contributed by atoms with van der Waals surface area (Å²) in [7, 11) is 0. The molecule has 1 atom stereocenters. The molecule has 0 unspecified atom stereocenters. The van der Waals surface area contributed by atoms with Crippen LogP contribution in [0.1, 0.15) is 50.0 Å². The first-order valence-corrected chi connectivity index (χ1v) is 11.2. The maximum atomic E-state index is 13.0. The Morgan fingerprint density at radius 2 is 1.97 bits per heavy atom. The van der Waals surface area contributed by atoms with Crippen LogP contribution in [-0.2, 0) is 6.18 Å². The molecule has 4 heterocycles. The number of hydrogen-bond acceptors (Lipinski definition) is 8. The fraction of sp³-hybridized carbons (Fsp3) is 0.190. The molecule has 180 valence electrons. The lowest BCUT2D eigenvalue weighted by molar-refractivity contribution is -0.137. The second-order valence-corrected chi connectivity index (χ2v) is 8.77. The highest BCUT2D eigenvalue weighted by molar-refractivity contribution is 7.13. The van der Waals surface area contributed by atoms with Crippen LogP contribution in [0, 0.1) is 0 Å². The van der Waals surface area contributed by atoms with Crippen molar-refractivity contribution in [2.45, 2.75) is 25.4 Å². The van der Waals surface area contributed by atoms with Crippen molar-refractivity contribution in [3.8, 4) is 5.82 Å². The van der Waals surface area contributed by atoms with E-state index >= 15 is 0 Å². The normalized spacial score (nSPS) is 12.4. The topological polar surface area (TPSA) is 116 Å². The fourth-order valence-corrected chi connectivity index (χ4v) is 4.10. The van der Waals surface area contributed by atoms with E-state index in [1.807, 2.05) is 0 Å². The van der Waals surface area contributed by atoms with Gasteiger partial charge in [0, 0.05) is 37.0 Å². The maximum absolute atomic E-state index is 13.0. The molecule has 0 bridgehead atoms. The van der Waals surface area contributed by atoms with Gasteiger partial charge in [0.1, 0.15) is 22.7 Å². The van der Waals surface area contributed by atoms with E-state index in [0.29, 0.717) is 16.9 Å². The van der Waals surface area contributed by atoms with Gasteiger partial charge < -0.3 is 5.32 Å². The molecule has 0 aliphatic carbocycles. The van der Waals surface area contributed by atoms with Crippen molar-refractivity contribution in [2.24, 2.45) is 0 Å². The average Bonchev–Trinajstić information content (AvgIpc) is 3.52. The van der Waals surface area contributed by atoms with Crippen LogP contribution < -0.4 is 5.32 Å². The molecule has 9 nitrogen and oxygen atoms in total. The summed E-state index contributed by atoms with van der Waals surface area (Å²) in [5.41, 5.74) is -0.900. The molecule has 0 fully saturated rings. The van der Waals surface area contributed by atoms with Crippen molar-refractivity contribution in [1.29, 1.82) is 0 Å². The summed E-state index contributed by atoms with van der Waals surface area (Å²) in [6.07, 6.45) is 2.02. The number of rotatable bonds is 7. The predicted octanol–water partition coefficient (Wildman–Crippen LogP) is 4.81. The molecule has 4 aromatic heterocycles. The molecule has 0 spiro atoms. The Labute approximate surface area is 205 Å². The number of carbonyl (C=O) groups excluding carboxylic acids is 2. The molecule has 35 heavy (non-hydrogen) atoms. The zero-order valence-electron chi connectivity index (χ0n) is 17.8.